The van der Waals surface area contributed by atoms with Crippen molar-refractivity contribution < 1.29 is 4.74 Å². The summed E-state index contributed by atoms with van der Waals surface area (Å²) in [6.07, 6.45) is 3.69. The number of hydrogen-bond donors (Lipinski definition) is 1. The lowest BCUT2D eigenvalue weighted by atomic mass is 9.86. The quantitative estimate of drug-likeness (QED) is 0.926. The van der Waals surface area contributed by atoms with Crippen molar-refractivity contribution in [1.82, 2.24) is 20.1 Å². The molecule has 0 spiro atoms. The van der Waals surface area contributed by atoms with Gasteiger partial charge in [-0.05, 0) is 37.3 Å². The summed E-state index contributed by atoms with van der Waals surface area (Å²) < 4.78 is 5.90. The van der Waals surface area contributed by atoms with Gasteiger partial charge >= 0.3 is 0 Å². The van der Waals surface area contributed by atoms with Gasteiger partial charge in [-0.2, -0.15) is 5.10 Å². The number of aromatic nitrogens is 3. The molecule has 116 valence electrons. The molecule has 1 aromatic heterocycles. The molecule has 2 aromatic rings. The molecule has 1 saturated heterocycles. The van der Waals surface area contributed by atoms with Crippen LogP contribution in [0.25, 0.3) is 0 Å². The van der Waals surface area contributed by atoms with Gasteiger partial charge in [0.2, 0.25) is 0 Å². The molecule has 0 bridgehead atoms. The fourth-order valence-electron chi connectivity index (χ4n) is 3.72. The average molecular weight is 298 g/mol. The molecular formula is C17H22N4O. The molecule has 1 aliphatic heterocycles. The van der Waals surface area contributed by atoms with Gasteiger partial charge in [-0.15, -0.1) is 0 Å². The van der Waals surface area contributed by atoms with E-state index in [1.54, 1.807) is 0 Å². The van der Waals surface area contributed by atoms with Crippen LogP contribution >= 0.6 is 0 Å². The topological polar surface area (TPSA) is 54.0 Å². The third-order valence-corrected chi connectivity index (χ3v) is 4.78. The number of aromatic amines is 1. The second-order valence-corrected chi connectivity index (χ2v) is 6.24. The number of nitrogens with zero attached hydrogens (tertiary/aromatic N) is 3. The molecule has 1 aliphatic carbocycles. The third kappa shape index (κ3) is 2.55. The number of aryl methyl sites for hydroxylation is 2. The van der Waals surface area contributed by atoms with Crippen LogP contribution in [0.5, 0.6) is 0 Å². The predicted octanol–water partition coefficient (Wildman–Crippen LogP) is 2.56. The average Bonchev–Trinajstić information content (AvgIpc) is 3.01. The molecule has 5 nitrogen and oxygen atoms in total. The summed E-state index contributed by atoms with van der Waals surface area (Å²) in [6.45, 7) is 4.53. The van der Waals surface area contributed by atoms with Gasteiger partial charge < -0.3 is 4.74 Å². The van der Waals surface area contributed by atoms with Gasteiger partial charge in [0, 0.05) is 19.1 Å². The first-order chi connectivity index (χ1) is 10.8. The van der Waals surface area contributed by atoms with Gasteiger partial charge in [-0.25, -0.2) is 4.98 Å². The van der Waals surface area contributed by atoms with Crippen LogP contribution in [0, 0.1) is 6.92 Å². The summed E-state index contributed by atoms with van der Waals surface area (Å²) in [4.78, 5) is 6.99. The van der Waals surface area contributed by atoms with E-state index in [2.05, 4.69) is 44.3 Å². The molecule has 1 fully saturated rings. The first-order valence-corrected chi connectivity index (χ1v) is 8.13. The fraction of sp³-hybridized carbons (Fsp3) is 0.529. The summed E-state index contributed by atoms with van der Waals surface area (Å²) in [5.74, 6) is 1.63. The number of H-pyrrole nitrogens is 1. The Balaban J connectivity index is 1.56. The van der Waals surface area contributed by atoms with E-state index in [1.165, 1.54) is 30.4 Å². The third-order valence-electron chi connectivity index (χ3n) is 4.78. The molecule has 4 rings (SSSR count). The van der Waals surface area contributed by atoms with Gasteiger partial charge in [-0.1, -0.05) is 24.3 Å². The Labute approximate surface area is 130 Å². The zero-order valence-electron chi connectivity index (χ0n) is 13.0. The number of nitrogens with one attached hydrogen (secondary N) is 1. The Kier molecular flexibility index (Phi) is 3.68. The molecule has 2 aliphatic rings. The zero-order valence-corrected chi connectivity index (χ0v) is 13.0. The van der Waals surface area contributed by atoms with Gasteiger partial charge in [-0.3, -0.25) is 10.00 Å². The van der Waals surface area contributed by atoms with E-state index < -0.39 is 0 Å². The Morgan fingerprint density at radius 2 is 2.23 bits per heavy atom. The minimum absolute atomic E-state index is 0.0206. The summed E-state index contributed by atoms with van der Waals surface area (Å²) in [5, 5.41) is 7.19. The van der Waals surface area contributed by atoms with E-state index in [4.69, 9.17) is 4.74 Å². The van der Waals surface area contributed by atoms with Crippen LogP contribution < -0.4 is 0 Å². The molecule has 2 heterocycles. The van der Waals surface area contributed by atoms with E-state index in [0.717, 1.165) is 31.3 Å². The normalized spacial score (nSPS) is 25.9. The maximum absolute atomic E-state index is 5.90. The highest BCUT2D eigenvalue weighted by Crippen LogP contribution is 2.36. The second-order valence-electron chi connectivity index (χ2n) is 6.24. The first kappa shape index (κ1) is 13.9. The highest BCUT2D eigenvalue weighted by atomic mass is 16.5. The molecule has 0 radical (unpaired) electrons. The number of morpholine rings is 1. The maximum Gasteiger partial charge on any atom is 0.180 e. The molecule has 5 heteroatoms. The number of ether oxygens (including phenoxy) is 1. The van der Waals surface area contributed by atoms with Crippen LogP contribution in [0.4, 0.5) is 0 Å². The van der Waals surface area contributed by atoms with Gasteiger partial charge in [0.15, 0.2) is 5.82 Å². The number of rotatable bonds is 2. The van der Waals surface area contributed by atoms with Crippen molar-refractivity contribution in [3.8, 4) is 0 Å². The van der Waals surface area contributed by atoms with E-state index >= 15 is 0 Å². The van der Waals surface area contributed by atoms with Crippen molar-refractivity contribution in [2.24, 2.45) is 0 Å². The van der Waals surface area contributed by atoms with E-state index in [0.29, 0.717) is 6.04 Å². The standard InChI is InChI=1S/C17H22N4O/c1-12-18-17(20-19-12)16-11-21(9-10-22-16)15-8-4-6-13-5-2-3-7-14(13)15/h2-3,5,7,15-16H,4,6,8-11H2,1H3,(H,18,19,20)/t15-,16+/m0/s1. The van der Waals surface area contributed by atoms with E-state index in [9.17, 15) is 0 Å². The molecule has 0 saturated carbocycles. The number of benzene rings is 1. The molecule has 22 heavy (non-hydrogen) atoms. The Bertz CT molecular complexity index is 654. The Hall–Kier alpha value is -1.72. The van der Waals surface area contributed by atoms with Crippen LogP contribution in [-0.2, 0) is 11.2 Å². The Morgan fingerprint density at radius 3 is 3.09 bits per heavy atom. The monoisotopic (exact) mass is 298 g/mol. The summed E-state index contributed by atoms with van der Waals surface area (Å²) >= 11 is 0. The van der Waals surface area contributed by atoms with Crippen molar-refractivity contribution in [3.05, 3.63) is 47.0 Å². The molecule has 0 amide bonds. The predicted molar refractivity (Wildman–Crippen MR) is 83.5 cm³/mol. The minimum atomic E-state index is -0.0206. The summed E-state index contributed by atoms with van der Waals surface area (Å²) in [5.41, 5.74) is 3.01. The first-order valence-electron chi connectivity index (χ1n) is 8.13. The second kappa shape index (κ2) is 5.82. The molecule has 2 atom stereocenters. The van der Waals surface area contributed by atoms with Gasteiger partial charge in [0.1, 0.15) is 11.9 Å². The van der Waals surface area contributed by atoms with Crippen LogP contribution in [0.1, 0.15) is 47.8 Å². The smallest absolute Gasteiger partial charge is 0.180 e. The van der Waals surface area contributed by atoms with Crippen LogP contribution in [0.2, 0.25) is 0 Å². The largest absolute Gasteiger partial charge is 0.367 e. The lowest BCUT2D eigenvalue weighted by Crippen LogP contribution is -2.42. The highest BCUT2D eigenvalue weighted by Gasteiger charge is 2.32. The number of fused-ring (bicyclic) bond motifs is 1. The molecule has 1 N–H and O–H groups in total. The van der Waals surface area contributed by atoms with Crippen LogP contribution in [-0.4, -0.2) is 39.8 Å². The zero-order chi connectivity index (χ0) is 14.9. The van der Waals surface area contributed by atoms with Crippen molar-refractivity contribution >= 4 is 0 Å². The van der Waals surface area contributed by atoms with E-state index in [1.807, 2.05) is 6.92 Å². The lowest BCUT2D eigenvalue weighted by Gasteiger charge is -2.40. The van der Waals surface area contributed by atoms with Crippen molar-refractivity contribution in [2.45, 2.75) is 38.3 Å². The van der Waals surface area contributed by atoms with Crippen LogP contribution in [0.15, 0.2) is 24.3 Å². The van der Waals surface area contributed by atoms with Gasteiger partial charge in [0.05, 0.1) is 6.61 Å². The van der Waals surface area contributed by atoms with Crippen LogP contribution in [0.3, 0.4) is 0 Å². The maximum atomic E-state index is 5.90. The van der Waals surface area contributed by atoms with Crippen molar-refractivity contribution in [3.63, 3.8) is 0 Å². The summed E-state index contributed by atoms with van der Waals surface area (Å²) in [7, 11) is 0. The molecule has 0 unspecified atom stereocenters. The van der Waals surface area contributed by atoms with E-state index in [-0.39, 0.29) is 6.10 Å². The van der Waals surface area contributed by atoms with Crippen molar-refractivity contribution in [2.75, 3.05) is 19.7 Å². The van der Waals surface area contributed by atoms with Gasteiger partial charge in [0.25, 0.3) is 0 Å². The summed E-state index contributed by atoms with van der Waals surface area (Å²) in [6, 6.07) is 9.39. The lowest BCUT2D eigenvalue weighted by molar-refractivity contribution is -0.0516. The Morgan fingerprint density at radius 1 is 1.32 bits per heavy atom. The molecule has 1 aromatic carbocycles. The fourth-order valence-corrected chi connectivity index (χ4v) is 3.72. The highest BCUT2D eigenvalue weighted by molar-refractivity contribution is 5.32. The minimum Gasteiger partial charge on any atom is -0.367 e. The SMILES string of the molecule is Cc1nc([C@H]2CN([C@H]3CCCc4ccccc43)CCO2)n[nH]1. The van der Waals surface area contributed by atoms with Crippen molar-refractivity contribution in [1.29, 1.82) is 0 Å². The number of hydrogen-bond acceptors (Lipinski definition) is 4. The molecular weight excluding hydrogens is 276 g/mol.